The number of aliphatic carboxylic acids is 1. The summed E-state index contributed by atoms with van der Waals surface area (Å²) >= 11 is 6.13. The highest BCUT2D eigenvalue weighted by Gasteiger charge is 2.29. The fraction of sp³-hybridized carbons (Fsp3) is 0.240. The molecule has 4 rings (SSSR count). The second kappa shape index (κ2) is 8.28. The number of nitrogens with zero attached hydrogens (tertiary/aromatic N) is 2. The maximum absolute atomic E-state index is 11.9. The standard InChI is InChI=1S/C25H27ClN4O2/c1-14(27)4-9-21(28)30-11-10-29-15(2)12-20-23(17-5-7-18(26)8-6-17)19(13-22(31)32)16(3)24(30)25(20)29/h4-9,12H,10-11,13,27-28H2,1-3H3,(H,31,32)/b14-4-,21-9+. The number of rotatable bonds is 5. The van der Waals surface area contributed by atoms with Crippen molar-refractivity contribution in [2.45, 2.75) is 33.7 Å². The summed E-state index contributed by atoms with van der Waals surface area (Å²) < 4.78 is 2.29. The lowest BCUT2D eigenvalue weighted by Crippen LogP contribution is -2.35. The van der Waals surface area contributed by atoms with Gasteiger partial charge in [-0.25, -0.2) is 0 Å². The van der Waals surface area contributed by atoms with Gasteiger partial charge in [0.2, 0.25) is 0 Å². The van der Waals surface area contributed by atoms with Crippen LogP contribution in [0.2, 0.25) is 5.02 Å². The first-order valence-electron chi connectivity index (χ1n) is 10.5. The van der Waals surface area contributed by atoms with E-state index in [4.69, 9.17) is 23.1 Å². The van der Waals surface area contributed by atoms with Crippen LogP contribution in [-0.4, -0.2) is 22.2 Å². The Morgan fingerprint density at radius 3 is 2.47 bits per heavy atom. The highest BCUT2D eigenvalue weighted by atomic mass is 35.5. The van der Waals surface area contributed by atoms with E-state index < -0.39 is 5.97 Å². The molecule has 5 N–H and O–H groups in total. The Labute approximate surface area is 192 Å². The van der Waals surface area contributed by atoms with Gasteiger partial charge in [-0.1, -0.05) is 23.7 Å². The zero-order valence-electron chi connectivity index (χ0n) is 18.4. The van der Waals surface area contributed by atoms with E-state index in [-0.39, 0.29) is 6.42 Å². The lowest BCUT2D eigenvalue weighted by molar-refractivity contribution is -0.136. The lowest BCUT2D eigenvalue weighted by Gasteiger charge is -2.34. The molecule has 0 unspecified atom stereocenters. The van der Waals surface area contributed by atoms with Crippen molar-refractivity contribution in [3.05, 3.63) is 75.8 Å². The maximum Gasteiger partial charge on any atom is 0.307 e. The molecule has 166 valence electrons. The van der Waals surface area contributed by atoms with E-state index >= 15 is 0 Å². The zero-order chi connectivity index (χ0) is 23.2. The summed E-state index contributed by atoms with van der Waals surface area (Å²) in [7, 11) is 0. The van der Waals surface area contributed by atoms with E-state index in [2.05, 4.69) is 22.5 Å². The number of anilines is 1. The van der Waals surface area contributed by atoms with E-state index in [1.807, 2.05) is 38.1 Å². The Balaban J connectivity index is 2.08. The Morgan fingerprint density at radius 2 is 1.84 bits per heavy atom. The predicted molar refractivity (Wildman–Crippen MR) is 131 cm³/mol. The summed E-state index contributed by atoms with van der Waals surface area (Å²) in [5, 5.41) is 11.4. The van der Waals surface area contributed by atoms with Crippen molar-refractivity contribution in [3.63, 3.8) is 0 Å². The Bertz CT molecular complexity index is 1280. The van der Waals surface area contributed by atoms with Crippen molar-refractivity contribution in [1.29, 1.82) is 0 Å². The van der Waals surface area contributed by atoms with Crippen LogP contribution in [0.1, 0.15) is 23.7 Å². The number of halogens is 1. The minimum atomic E-state index is -0.876. The van der Waals surface area contributed by atoms with Crippen molar-refractivity contribution in [2.24, 2.45) is 11.5 Å². The molecule has 0 radical (unpaired) electrons. The summed E-state index contributed by atoms with van der Waals surface area (Å²) in [4.78, 5) is 13.9. The van der Waals surface area contributed by atoms with Crippen LogP contribution in [0.3, 0.4) is 0 Å². The fourth-order valence-electron chi connectivity index (χ4n) is 4.61. The van der Waals surface area contributed by atoms with Gasteiger partial charge < -0.3 is 26.0 Å². The van der Waals surface area contributed by atoms with Crippen molar-refractivity contribution < 1.29 is 9.90 Å². The molecular weight excluding hydrogens is 424 g/mol. The average Bonchev–Trinajstić information content (AvgIpc) is 3.07. The first kappa shape index (κ1) is 21.8. The van der Waals surface area contributed by atoms with Gasteiger partial charge in [0, 0.05) is 34.9 Å². The van der Waals surface area contributed by atoms with Gasteiger partial charge in [0.1, 0.15) is 5.82 Å². The van der Waals surface area contributed by atoms with Gasteiger partial charge in [0.25, 0.3) is 0 Å². The summed E-state index contributed by atoms with van der Waals surface area (Å²) in [6.45, 7) is 7.33. The number of allylic oxidation sites excluding steroid dienone is 3. The summed E-state index contributed by atoms with van der Waals surface area (Å²) in [6.07, 6.45) is 3.49. The molecule has 2 heterocycles. The van der Waals surface area contributed by atoms with Crippen LogP contribution in [0.4, 0.5) is 5.69 Å². The largest absolute Gasteiger partial charge is 0.481 e. The van der Waals surface area contributed by atoms with Crippen molar-refractivity contribution in [3.8, 4) is 11.1 Å². The van der Waals surface area contributed by atoms with Gasteiger partial charge in [-0.2, -0.15) is 0 Å². The molecule has 0 spiro atoms. The first-order chi connectivity index (χ1) is 15.2. The summed E-state index contributed by atoms with van der Waals surface area (Å²) in [6, 6.07) is 9.70. The van der Waals surface area contributed by atoms with Gasteiger partial charge in [0.05, 0.1) is 17.6 Å². The van der Waals surface area contributed by atoms with Crippen molar-refractivity contribution >= 4 is 34.2 Å². The SMILES string of the molecule is C/C(N)=C/C=C(\N)N1CCn2c(C)cc3c(-c4ccc(Cl)cc4)c(CC(=O)O)c(C)c1c32. The topological polar surface area (TPSA) is 97.5 Å². The second-order valence-corrected chi connectivity index (χ2v) is 8.69. The molecule has 6 nitrogen and oxygen atoms in total. The monoisotopic (exact) mass is 450 g/mol. The molecule has 0 fully saturated rings. The molecule has 0 bridgehead atoms. The zero-order valence-corrected chi connectivity index (χ0v) is 19.2. The highest BCUT2D eigenvalue weighted by Crippen LogP contribution is 2.45. The van der Waals surface area contributed by atoms with E-state index in [1.54, 1.807) is 12.2 Å². The molecule has 3 aromatic rings. The molecule has 1 aromatic heterocycles. The first-order valence-corrected chi connectivity index (χ1v) is 10.9. The quantitative estimate of drug-likeness (QED) is 0.490. The predicted octanol–water partition coefficient (Wildman–Crippen LogP) is 4.69. The molecule has 1 aliphatic heterocycles. The Hall–Kier alpha value is -3.38. The molecule has 0 amide bonds. The van der Waals surface area contributed by atoms with E-state index in [0.717, 1.165) is 51.1 Å². The number of nitrogens with two attached hydrogens (primary N) is 2. The van der Waals surface area contributed by atoms with Crippen molar-refractivity contribution in [1.82, 2.24) is 4.57 Å². The minimum Gasteiger partial charge on any atom is -0.481 e. The van der Waals surface area contributed by atoms with Crippen LogP contribution >= 0.6 is 11.6 Å². The summed E-state index contributed by atoms with van der Waals surface area (Å²) in [5.74, 6) is -0.302. The van der Waals surface area contributed by atoms with Crippen LogP contribution in [-0.2, 0) is 17.8 Å². The molecule has 2 aromatic carbocycles. The molecule has 32 heavy (non-hydrogen) atoms. The van der Waals surface area contributed by atoms with E-state index in [9.17, 15) is 9.90 Å². The smallest absolute Gasteiger partial charge is 0.307 e. The maximum atomic E-state index is 11.9. The Kier molecular flexibility index (Phi) is 5.65. The van der Waals surface area contributed by atoms with Crippen LogP contribution < -0.4 is 16.4 Å². The Morgan fingerprint density at radius 1 is 1.16 bits per heavy atom. The van der Waals surface area contributed by atoms with Crippen LogP contribution in [0.5, 0.6) is 0 Å². The van der Waals surface area contributed by atoms with E-state index in [1.165, 1.54) is 0 Å². The van der Waals surface area contributed by atoms with Gasteiger partial charge in [-0.05, 0) is 73.4 Å². The number of hydrogen-bond donors (Lipinski definition) is 3. The number of aromatic nitrogens is 1. The third kappa shape index (κ3) is 3.71. The highest BCUT2D eigenvalue weighted by molar-refractivity contribution is 6.30. The molecule has 0 saturated carbocycles. The molecule has 0 aliphatic carbocycles. The minimum absolute atomic E-state index is 0.0871. The number of benzene rings is 2. The van der Waals surface area contributed by atoms with E-state index in [0.29, 0.717) is 23.1 Å². The number of carboxylic acids is 1. The van der Waals surface area contributed by atoms with Crippen LogP contribution in [0, 0.1) is 13.8 Å². The fourth-order valence-corrected chi connectivity index (χ4v) is 4.73. The van der Waals surface area contributed by atoms with Gasteiger partial charge in [-0.15, -0.1) is 0 Å². The molecule has 0 atom stereocenters. The summed E-state index contributed by atoms with van der Waals surface area (Å²) in [5.41, 5.74) is 19.6. The second-order valence-electron chi connectivity index (χ2n) is 8.26. The van der Waals surface area contributed by atoms with Gasteiger partial charge in [0.15, 0.2) is 0 Å². The van der Waals surface area contributed by atoms with Crippen LogP contribution in [0.25, 0.3) is 22.0 Å². The third-order valence-corrected chi connectivity index (χ3v) is 6.27. The number of carboxylic acid groups (broad SMARTS) is 1. The molecule has 1 aliphatic rings. The molecule has 0 saturated heterocycles. The van der Waals surface area contributed by atoms with Crippen molar-refractivity contribution in [2.75, 3.05) is 11.4 Å². The average molecular weight is 451 g/mol. The van der Waals surface area contributed by atoms with Gasteiger partial charge in [-0.3, -0.25) is 4.79 Å². The number of carbonyl (C=O) groups is 1. The normalized spacial score (nSPS) is 14.3. The number of aryl methyl sites for hydroxylation is 1. The number of hydrogen-bond acceptors (Lipinski definition) is 4. The molecular formula is C25H27ClN4O2. The lowest BCUT2D eigenvalue weighted by atomic mass is 9.88. The third-order valence-electron chi connectivity index (χ3n) is 6.01. The van der Waals surface area contributed by atoms with Crippen LogP contribution in [0.15, 0.2) is 54.0 Å². The van der Waals surface area contributed by atoms with Gasteiger partial charge >= 0.3 is 5.97 Å². The molecule has 7 heteroatoms.